The predicted octanol–water partition coefficient (Wildman–Crippen LogP) is 12.3. The van der Waals surface area contributed by atoms with Crippen LogP contribution in [0, 0.1) is 6.92 Å². The van der Waals surface area contributed by atoms with Gasteiger partial charge in [0.05, 0.1) is 21.3 Å². The number of benzene rings is 7. The predicted molar refractivity (Wildman–Crippen MR) is 200 cm³/mol. The fraction of sp³-hybridized carbons (Fsp3) is 0.0227. The van der Waals surface area contributed by atoms with Crippen molar-refractivity contribution in [2.24, 2.45) is 0 Å². The maximum Gasteiger partial charge on any atom is 0.195 e. The zero-order valence-electron chi connectivity index (χ0n) is 25.9. The number of fused-ring (bicyclic) bond motifs is 5. The average Bonchev–Trinajstić information content (AvgIpc) is 3.68. The van der Waals surface area contributed by atoms with Crippen molar-refractivity contribution in [3.05, 3.63) is 169 Å². The molecule has 0 N–H and O–H groups in total. The highest BCUT2D eigenvalue weighted by Gasteiger charge is 2.19. The summed E-state index contributed by atoms with van der Waals surface area (Å²) in [6.07, 6.45) is 0. The monoisotopic (exact) mass is 618 g/mol. The fourth-order valence-corrected chi connectivity index (χ4v) is 7.97. The van der Waals surface area contributed by atoms with Crippen molar-refractivity contribution in [1.29, 1.82) is 0 Å². The summed E-state index contributed by atoms with van der Waals surface area (Å²) < 4.78 is 3.56. The van der Waals surface area contributed by atoms with Crippen molar-refractivity contribution in [2.45, 2.75) is 6.92 Å². The number of rotatable bonds is 5. The highest BCUT2D eigenvalue weighted by molar-refractivity contribution is 7.23. The largest absolute Gasteiger partial charge is 0.283 e. The van der Waals surface area contributed by atoms with Gasteiger partial charge in [-0.2, -0.15) is 0 Å². The molecule has 2 heterocycles. The van der Waals surface area contributed by atoms with Crippen molar-refractivity contribution >= 4 is 37.5 Å². The normalized spacial score (nSPS) is 11.5. The van der Waals surface area contributed by atoms with Crippen LogP contribution in [0.15, 0.2) is 164 Å². The van der Waals surface area contributed by atoms with Crippen LogP contribution in [0.3, 0.4) is 0 Å². The number of para-hydroxylation sites is 1. The zero-order valence-corrected chi connectivity index (χ0v) is 26.7. The van der Waals surface area contributed by atoms with Crippen molar-refractivity contribution in [3.63, 3.8) is 0 Å². The van der Waals surface area contributed by atoms with Gasteiger partial charge in [0.2, 0.25) is 0 Å². The first-order chi connectivity index (χ1) is 23.2. The summed E-state index contributed by atoms with van der Waals surface area (Å²) in [5.74, 6) is 0. The van der Waals surface area contributed by atoms with Crippen LogP contribution in [0.1, 0.15) is 5.56 Å². The number of nitrogens with zero attached hydrogens (tertiary/aromatic N) is 2. The van der Waals surface area contributed by atoms with Crippen LogP contribution in [-0.2, 0) is 0 Å². The molecule has 7 aromatic carbocycles. The van der Waals surface area contributed by atoms with Gasteiger partial charge in [-0.3, -0.25) is 4.40 Å². The Hall–Kier alpha value is -5.77. The van der Waals surface area contributed by atoms with E-state index in [1.165, 1.54) is 71.4 Å². The Morgan fingerprint density at radius 2 is 0.915 bits per heavy atom. The summed E-state index contributed by atoms with van der Waals surface area (Å²) in [6, 6.07) is 59.1. The zero-order chi connectivity index (χ0) is 31.3. The minimum atomic E-state index is 1.03. The molecule has 0 bridgehead atoms. The molecular weight excluding hydrogens is 589 g/mol. The molecule has 2 nitrogen and oxygen atoms in total. The number of hydrogen-bond donors (Lipinski definition) is 0. The summed E-state index contributed by atoms with van der Waals surface area (Å²) in [6.45, 7) is 2.19. The van der Waals surface area contributed by atoms with Crippen molar-refractivity contribution in [3.8, 4) is 55.6 Å². The Kier molecular flexibility index (Phi) is 6.58. The van der Waals surface area contributed by atoms with Crippen LogP contribution in [0.4, 0.5) is 0 Å². The topological polar surface area (TPSA) is 17.3 Å². The molecule has 9 rings (SSSR count). The van der Waals surface area contributed by atoms with Gasteiger partial charge in [-0.1, -0.05) is 145 Å². The third-order valence-corrected chi connectivity index (χ3v) is 10.2. The van der Waals surface area contributed by atoms with E-state index in [4.69, 9.17) is 4.98 Å². The van der Waals surface area contributed by atoms with Gasteiger partial charge in [-0.15, -0.1) is 0 Å². The van der Waals surface area contributed by atoms with E-state index in [1.807, 2.05) is 0 Å². The maximum atomic E-state index is 5.19. The van der Waals surface area contributed by atoms with Gasteiger partial charge in [0.15, 0.2) is 4.96 Å². The first kappa shape index (κ1) is 27.5. The summed E-state index contributed by atoms with van der Waals surface area (Å²) in [4.78, 5) is 6.22. The Morgan fingerprint density at radius 3 is 1.47 bits per heavy atom. The van der Waals surface area contributed by atoms with Gasteiger partial charge in [0, 0.05) is 5.56 Å². The van der Waals surface area contributed by atoms with Crippen molar-refractivity contribution in [1.82, 2.24) is 9.38 Å². The summed E-state index contributed by atoms with van der Waals surface area (Å²) in [5, 5.41) is 0. The molecule has 2 aromatic heterocycles. The standard InChI is InChI=1S/C44H30N2S/c1-29-21-26-40-43(45-44-46(40)39-19-11-12-20-41(39)47-44)42(29)34-24-22-33(23-25-34)38-28-36(31-15-7-3-8-16-31)35(30-13-5-2-6-14-30)27-37(38)32-17-9-4-10-18-32/h2-28H,1H3. The Balaban J connectivity index is 1.23. The second kappa shape index (κ2) is 11.2. The van der Waals surface area contributed by atoms with E-state index >= 15 is 0 Å². The summed E-state index contributed by atoms with van der Waals surface area (Å²) >= 11 is 1.75. The molecule has 3 heteroatoms. The number of aromatic nitrogens is 2. The van der Waals surface area contributed by atoms with E-state index in [9.17, 15) is 0 Å². The lowest BCUT2D eigenvalue weighted by atomic mass is 9.85. The highest BCUT2D eigenvalue weighted by Crippen LogP contribution is 2.43. The minimum absolute atomic E-state index is 1.03. The number of aryl methyl sites for hydroxylation is 1. The molecule has 222 valence electrons. The van der Waals surface area contributed by atoms with Crippen LogP contribution in [0.5, 0.6) is 0 Å². The quantitative estimate of drug-likeness (QED) is 0.188. The van der Waals surface area contributed by atoms with Gasteiger partial charge >= 0.3 is 0 Å². The molecule has 0 unspecified atom stereocenters. The molecule has 0 fully saturated rings. The molecule has 0 saturated carbocycles. The van der Waals surface area contributed by atoms with E-state index in [2.05, 4.69) is 175 Å². The molecule has 0 saturated heterocycles. The Morgan fingerprint density at radius 1 is 0.447 bits per heavy atom. The Labute approximate surface area is 277 Å². The van der Waals surface area contributed by atoms with Gasteiger partial charge in [0.25, 0.3) is 0 Å². The number of thiazole rings is 1. The van der Waals surface area contributed by atoms with E-state index in [0.717, 1.165) is 16.0 Å². The van der Waals surface area contributed by atoms with E-state index < -0.39 is 0 Å². The van der Waals surface area contributed by atoms with Gasteiger partial charge in [-0.05, 0) is 92.9 Å². The van der Waals surface area contributed by atoms with Crippen molar-refractivity contribution in [2.75, 3.05) is 0 Å². The average molecular weight is 619 g/mol. The third-order valence-electron chi connectivity index (χ3n) is 9.21. The lowest BCUT2D eigenvalue weighted by Crippen LogP contribution is -1.93. The molecular formula is C44H30N2S. The van der Waals surface area contributed by atoms with E-state index in [0.29, 0.717) is 0 Å². The molecule has 0 radical (unpaired) electrons. The van der Waals surface area contributed by atoms with Gasteiger partial charge < -0.3 is 0 Å². The molecule has 47 heavy (non-hydrogen) atoms. The maximum absolute atomic E-state index is 5.19. The third kappa shape index (κ3) is 4.67. The van der Waals surface area contributed by atoms with Crippen LogP contribution >= 0.6 is 11.3 Å². The van der Waals surface area contributed by atoms with Crippen LogP contribution in [0.2, 0.25) is 0 Å². The second-order valence-electron chi connectivity index (χ2n) is 12.0. The molecule has 0 amide bonds. The first-order valence-electron chi connectivity index (χ1n) is 16.0. The lowest BCUT2D eigenvalue weighted by Gasteiger charge is -2.18. The summed E-state index contributed by atoms with van der Waals surface area (Å²) in [7, 11) is 0. The molecule has 9 aromatic rings. The van der Waals surface area contributed by atoms with Crippen LogP contribution in [-0.4, -0.2) is 9.38 Å². The molecule has 0 spiro atoms. The smallest absolute Gasteiger partial charge is 0.195 e. The van der Waals surface area contributed by atoms with Crippen molar-refractivity contribution < 1.29 is 0 Å². The van der Waals surface area contributed by atoms with Crippen LogP contribution in [0.25, 0.3) is 81.8 Å². The highest BCUT2D eigenvalue weighted by atomic mass is 32.1. The first-order valence-corrected chi connectivity index (χ1v) is 16.8. The summed E-state index contributed by atoms with van der Waals surface area (Å²) in [5.41, 5.74) is 16.7. The molecule has 0 aliphatic heterocycles. The molecule has 0 aliphatic rings. The number of imidazole rings is 1. The fourth-order valence-electron chi connectivity index (χ4n) is 6.94. The molecule has 0 atom stereocenters. The molecule has 0 aliphatic carbocycles. The van der Waals surface area contributed by atoms with Gasteiger partial charge in [0.1, 0.15) is 0 Å². The van der Waals surface area contributed by atoms with Gasteiger partial charge in [-0.25, -0.2) is 4.98 Å². The van der Waals surface area contributed by atoms with Crippen LogP contribution < -0.4 is 0 Å². The Bertz CT molecular complexity index is 2540. The number of hydrogen-bond acceptors (Lipinski definition) is 2. The lowest BCUT2D eigenvalue weighted by molar-refractivity contribution is 1.34. The van der Waals surface area contributed by atoms with E-state index in [1.54, 1.807) is 11.3 Å². The minimum Gasteiger partial charge on any atom is -0.283 e. The second-order valence-corrected chi connectivity index (χ2v) is 13.1. The SMILES string of the molecule is Cc1ccc2c(nc3sc4ccccc4n32)c1-c1ccc(-c2cc(-c3ccccc3)c(-c3ccccc3)cc2-c2ccccc2)cc1. The van der Waals surface area contributed by atoms with E-state index in [-0.39, 0.29) is 0 Å².